The van der Waals surface area contributed by atoms with Crippen LogP contribution in [0.2, 0.25) is 0 Å². The van der Waals surface area contributed by atoms with Gasteiger partial charge in [0.15, 0.2) is 11.5 Å². The van der Waals surface area contributed by atoms with Gasteiger partial charge < -0.3 is 14.9 Å². The van der Waals surface area contributed by atoms with E-state index in [1.807, 2.05) is 12.1 Å². The number of rotatable bonds is 5. The molecule has 0 aliphatic rings. The van der Waals surface area contributed by atoms with E-state index < -0.39 is 0 Å². The molecule has 0 aliphatic heterocycles. The molecule has 1 aromatic carbocycles. The fourth-order valence-corrected chi connectivity index (χ4v) is 2.13. The van der Waals surface area contributed by atoms with E-state index in [1.54, 1.807) is 42.7 Å². The molecular weight excluding hydrogens is 294 g/mol. The number of aromatic nitrogens is 2. The van der Waals surface area contributed by atoms with Crippen molar-refractivity contribution < 1.29 is 14.4 Å². The molecule has 0 atom stereocenters. The number of phenolic OH excluding ortho intramolecular Hbond substituents is 1. The van der Waals surface area contributed by atoms with Crippen LogP contribution in [0.5, 0.6) is 5.75 Å². The number of nitrogens with zero attached hydrogens (tertiary/aromatic N) is 2. The van der Waals surface area contributed by atoms with Gasteiger partial charge in [0.25, 0.3) is 5.91 Å². The van der Waals surface area contributed by atoms with Crippen LogP contribution in [-0.4, -0.2) is 27.7 Å². The molecule has 0 spiro atoms. The minimum absolute atomic E-state index is 0.126. The van der Waals surface area contributed by atoms with Gasteiger partial charge in [-0.2, -0.15) is 0 Å². The molecule has 1 amide bonds. The number of carbonyl (C=O) groups excluding carboxylic acids is 1. The molecule has 0 fully saturated rings. The van der Waals surface area contributed by atoms with Gasteiger partial charge in [0, 0.05) is 30.6 Å². The van der Waals surface area contributed by atoms with Crippen LogP contribution in [0.3, 0.4) is 0 Å². The summed E-state index contributed by atoms with van der Waals surface area (Å²) in [7, 11) is 0. The first kappa shape index (κ1) is 14.8. The third kappa shape index (κ3) is 3.74. The third-order valence-electron chi connectivity index (χ3n) is 3.30. The molecule has 0 unspecified atom stereocenters. The number of phenols is 1. The van der Waals surface area contributed by atoms with E-state index in [4.69, 9.17) is 4.52 Å². The van der Waals surface area contributed by atoms with E-state index >= 15 is 0 Å². The summed E-state index contributed by atoms with van der Waals surface area (Å²) < 4.78 is 5.16. The maximum absolute atomic E-state index is 12.0. The second kappa shape index (κ2) is 6.74. The Morgan fingerprint density at radius 1 is 1.22 bits per heavy atom. The van der Waals surface area contributed by atoms with E-state index in [2.05, 4.69) is 15.5 Å². The molecule has 6 nitrogen and oxygen atoms in total. The molecule has 0 saturated carbocycles. The lowest BCUT2D eigenvalue weighted by Gasteiger charge is -2.02. The molecule has 3 rings (SSSR count). The van der Waals surface area contributed by atoms with E-state index in [0.717, 1.165) is 5.56 Å². The summed E-state index contributed by atoms with van der Waals surface area (Å²) in [5.74, 6) is 0.253. The van der Waals surface area contributed by atoms with Crippen LogP contribution >= 0.6 is 0 Å². The van der Waals surface area contributed by atoms with Crippen LogP contribution < -0.4 is 5.32 Å². The van der Waals surface area contributed by atoms with Crippen molar-refractivity contribution in [3.05, 3.63) is 66.1 Å². The van der Waals surface area contributed by atoms with Gasteiger partial charge in [-0.15, -0.1) is 0 Å². The number of benzene rings is 1. The van der Waals surface area contributed by atoms with Crippen molar-refractivity contribution in [3.8, 4) is 17.1 Å². The van der Waals surface area contributed by atoms with Gasteiger partial charge >= 0.3 is 0 Å². The highest BCUT2D eigenvalue weighted by atomic mass is 16.5. The predicted molar refractivity (Wildman–Crippen MR) is 83.9 cm³/mol. The quantitative estimate of drug-likeness (QED) is 0.755. The van der Waals surface area contributed by atoms with Crippen molar-refractivity contribution in [1.29, 1.82) is 0 Å². The minimum atomic E-state index is -0.302. The molecule has 2 heterocycles. The summed E-state index contributed by atoms with van der Waals surface area (Å²) in [6.07, 6.45) is 4.17. The Balaban J connectivity index is 1.60. The normalized spacial score (nSPS) is 10.4. The molecule has 0 aliphatic carbocycles. The molecule has 0 bridgehead atoms. The van der Waals surface area contributed by atoms with Gasteiger partial charge in [0.2, 0.25) is 0 Å². The van der Waals surface area contributed by atoms with Gasteiger partial charge in [-0.25, -0.2) is 0 Å². The molecule has 23 heavy (non-hydrogen) atoms. The Labute approximate surface area is 132 Å². The highest BCUT2D eigenvalue weighted by Crippen LogP contribution is 2.23. The molecule has 2 N–H and O–H groups in total. The van der Waals surface area contributed by atoms with Gasteiger partial charge in [0.05, 0.1) is 0 Å². The number of aromatic hydroxyl groups is 1. The van der Waals surface area contributed by atoms with Crippen LogP contribution in [0.25, 0.3) is 11.3 Å². The summed E-state index contributed by atoms with van der Waals surface area (Å²) in [5.41, 5.74) is 1.91. The van der Waals surface area contributed by atoms with Crippen molar-refractivity contribution in [2.45, 2.75) is 6.42 Å². The van der Waals surface area contributed by atoms with Crippen LogP contribution in [0.4, 0.5) is 0 Å². The van der Waals surface area contributed by atoms with Crippen molar-refractivity contribution in [1.82, 2.24) is 15.5 Å². The Kier molecular flexibility index (Phi) is 4.33. The zero-order chi connectivity index (χ0) is 16.1. The van der Waals surface area contributed by atoms with Gasteiger partial charge in [-0.3, -0.25) is 9.78 Å². The summed E-state index contributed by atoms with van der Waals surface area (Å²) in [6, 6.07) is 11.9. The molecule has 0 radical (unpaired) electrons. The first-order chi connectivity index (χ1) is 11.2. The maximum Gasteiger partial charge on any atom is 0.273 e. The van der Waals surface area contributed by atoms with Gasteiger partial charge in [-0.05, 0) is 30.2 Å². The monoisotopic (exact) mass is 309 g/mol. The smallest absolute Gasteiger partial charge is 0.273 e. The molecular formula is C17H15N3O3. The zero-order valence-corrected chi connectivity index (χ0v) is 12.3. The lowest BCUT2D eigenvalue weighted by atomic mass is 10.1. The first-order valence-corrected chi connectivity index (χ1v) is 7.15. The second-order valence-corrected chi connectivity index (χ2v) is 4.99. The Bertz CT molecular complexity index is 800. The number of pyridine rings is 1. The largest absolute Gasteiger partial charge is 0.508 e. The third-order valence-corrected chi connectivity index (χ3v) is 3.30. The lowest BCUT2D eigenvalue weighted by molar-refractivity contribution is 0.0945. The maximum atomic E-state index is 12.0. The number of carbonyl (C=O) groups is 1. The van der Waals surface area contributed by atoms with Crippen molar-refractivity contribution in [3.63, 3.8) is 0 Å². The van der Waals surface area contributed by atoms with Gasteiger partial charge in [0.1, 0.15) is 5.75 Å². The molecule has 6 heteroatoms. The summed E-state index contributed by atoms with van der Waals surface area (Å²) in [5, 5.41) is 16.0. The van der Waals surface area contributed by atoms with Crippen molar-refractivity contribution >= 4 is 5.91 Å². The Hall–Kier alpha value is -3.15. The van der Waals surface area contributed by atoms with E-state index in [9.17, 15) is 9.90 Å². The fraction of sp³-hybridized carbons (Fsp3) is 0.118. The Morgan fingerprint density at radius 2 is 2.13 bits per heavy atom. The van der Waals surface area contributed by atoms with Crippen molar-refractivity contribution in [2.24, 2.45) is 0 Å². The second-order valence-electron chi connectivity index (χ2n) is 4.99. The summed E-state index contributed by atoms with van der Waals surface area (Å²) in [6.45, 7) is 0.485. The topological polar surface area (TPSA) is 88.2 Å². The van der Waals surface area contributed by atoms with Crippen LogP contribution in [0.15, 0.2) is 59.4 Å². The standard InChI is InChI=1S/C17H15N3O3/c21-14-5-1-4-13(9-14)16-10-15(20-23-16)17(22)19-8-6-12-3-2-7-18-11-12/h1-5,7,9-11,21H,6,8H2,(H,19,22). The van der Waals surface area contributed by atoms with Crippen LogP contribution in [0, 0.1) is 0 Å². The van der Waals surface area contributed by atoms with Gasteiger partial charge in [-0.1, -0.05) is 23.4 Å². The zero-order valence-electron chi connectivity index (χ0n) is 12.3. The summed E-state index contributed by atoms with van der Waals surface area (Å²) >= 11 is 0. The van der Waals surface area contributed by atoms with E-state index in [0.29, 0.717) is 24.3 Å². The number of amides is 1. The predicted octanol–water partition coefficient (Wildman–Crippen LogP) is 2.41. The molecule has 0 saturated heterocycles. The van der Waals surface area contributed by atoms with Crippen molar-refractivity contribution in [2.75, 3.05) is 6.54 Å². The Morgan fingerprint density at radius 3 is 2.91 bits per heavy atom. The molecule has 2 aromatic heterocycles. The van der Waals surface area contributed by atoms with Crippen LogP contribution in [0.1, 0.15) is 16.1 Å². The summed E-state index contributed by atoms with van der Waals surface area (Å²) in [4.78, 5) is 16.1. The highest BCUT2D eigenvalue weighted by molar-refractivity contribution is 5.93. The van der Waals surface area contributed by atoms with E-state index in [1.165, 1.54) is 0 Å². The highest BCUT2D eigenvalue weighted by Gasteiger charge is 2.13. The average molecular weight is 309 g/mol. The number of hydrogen-bond donors (Lipinski definition) is 2. The van der Waals surface area contributed by atoms with E-state index in [-0.39, 0.29) is 17.4 Å². The fourth-order valence-electron chi connectivity index (χ4n) is 2.13. The SMILES string of the molecule is O=C(NCCc1cccnc1)c1cc(-c2cccc(O)c2)on1. The molecule has 3 aromatic rings. The lowest BCUT2D eigenvalue weighted by Crippen LogP contribution is -2.25. The number of nitrogens with one attached hydrogen (secondary N) is 1. The molecule has 116 valence electrons. The number of hydrogen-bond acceptors (Lipinski definition) is 5. The average Bonchev–Trinajstić information content (AvgIpc) is 3.06. The minimum Gasteiger partial charge on any atom is -0.508 e. The first-order valence-electron chi connectivity index (χ1n) is 7.15. The van der Waals surface area contributed by atoms with Crippen LogP contribution in [-0.2, 0) is 6.42 Å².